The van der Waals surface area contributed by atoms with Gasteiger partial charge in [-0.25, -0.2) is 0 Å². The summed E-state index contributed by atoms with van der Waals surface area (Å²) in [6.07, 6.45) is 19.0. The zero-order valence-corrected chi connectivity index (χ0v) is 32.5. The van der Waals surface area contributed by atoms with Crippen molar-refractivity contribution in [3.05, 3.63) is 46.6 Å². The van der Waals surface area contributed by atoms with Gasteiger partial charge in [0.15, 0.2) is 0 Å². The van der Waals surface area contributed by atoms with Gasteiger partial charge >= 0.3 is 23.9 Å². The predicted octanol–water partition coefficient (Wildman–Crippen LogP) is 7.14. The molecule has 2 aliphatic carbocycles. The molecule has 0 aromatic heterocycles. The number of ether oxygens (including phenoxy) is 4. The molecule has 0 aromatic carbocycles. The molecule has 0 bridgehead atoms. The van der Waals surface area contributed by atoms with Gasteiger partial charge in [-0.2, -0.15) is 0 Å². The molecular weight excluding hydrogens is 648 g/mol. The largest absolute Gasteiger partial charge is 0.462 e. The number of hydrogen-bond acceptors (Lipinski definition) is 10. The summed E-state index contributed by atoms with van der Waals surface area (Å²) in [5, 5.41) is 0. The van der Waals surface area contributed by atoms with E-state index in [0.29, 0.717) is 32.5 Å². The molecule has 0 fully saturated rings. The molecule has 0 saturated carbocycles. The van der Waals surface area contributed by atoms with E-state index in [1.807, 2.05) is 14.1 Å². The van der Waals surface area contributed by atoms with Gasteiger partial charge < -0.3 is 28.7 Å². The maximum absolute atomic E-state index is 12.5. The first-order valence-corrected chi connectivity index (χ1v) is 19.1. The van der Waals surface area contributed by atoms with Crippen molar-refractivity contribution in [3.8, 4) is 0 Å². The van der Waals surface area contributed by atoms with Crippen LogP contribution >= 0.6 is 0 Å². The lowest BCUT2D eigenvalue weighted by Crippen LogP contribution is -2.32. The lowest BCUT2D eigenvalue weighted by molar-refractivity contribution is -0.155. The smallest absolute Gasteiger partial charge is 0.309 e. The Morgan fingerprint density at radius 3 is 1.45 bits per heavy atom. The maximum atomic E-state index is 12.5. The molecule has 0 heterocycles. The van der Waals surface area contributed by atoms with Gasteiger partial charge in [-0.15, -0.1) is 0 Å². The van der Waals surface area contributed by atoms with Gasteiger partial charge in [0.05, 0.1) is 24.7 Å². The normalized spacial score (nSPS) is 17.3. The number of rotatable bonds is 24. The standard InChI is InChI=1S/C41H66N2O8/c1-32(2)10-7-12-34-14-18-36(19-15-34)40(46)50-30-28-48-38(44)22-26-43(25-9-24-42(5)6)27-23-39(45)49-29-31-51-41(47)37-20-16-35(17-21-37)13-8-11-33(3)4/h10-11,14,16,36-37H,7-9,12-13,15,17-31H2,1-6H3. The molecule has 10 nitrogen and oxygen atoms in total. The van der Waals surface area contributed by atoms with E-state index < -0.39 is 0 Å². The number of nitrogens with zero attached hydrogens (tertiary/aromatic N) is 2. The fourth-order valence-electron chi connectivity index (χ4n) is 6.17. The minimum Gasteiger partial charge on any atom is -0.462 e. The van der Waals surface area contributed by atoms with E-state index in [9.17, 15) is 19.2 Å². The SMILES string of the molecule is CC(C)=CCCC1=CCC(C(=O)OCCOC(=O)CCN(CCCN(C)C)CCC(=O)OCCOC(=O)C2CC=C(CCC=C(C)C)CC2)CC1. The van der Waals surface area contributed by atoms with Crippen LogP contribution in [0, 0.1) is 11.8 Å². The summed E-state index contributed by atoms with van der Waals surface area (Å²) < 4.78 is 21.5. The summed E-state index contributed by atoms with van der Waals surface area (Å²) in [6.45, 7) is 11.0. The van der Waals surface area contributed by atoms with E-state index in [0.717, 1.165) is 64.3 Å². The minimum atomic E-state index is -0.372. The highest BCUT2D eigenvalue weighted by Gasteiger charge is 2.24. The molecule has 0 aliphatic heterocycles. The summed E-state index contributed by atoms with van der Waals surface area (Å²) >= 11 is 0. The Morgan fingerprint density at radius 2 is 1.08 bits per heavy atom. The molecule has 2 unspecified atom stereocenters. The second kappa shape index (κ2) is 25.7. The first-order chi connectivity index (χ1) is 24.4. The highest BCUT2D eigenvalue weighted by molar-refractivity contribution is 5.73. The van der Waals surface area contributed by atoms with Crippen molar-refractivity contribution < 1.29 is 38.1 Å². The van der Waals surface area contributed by atoms with Crippen LogP contribution in [0.15, 0.2) is 46.6 Å². The molecule has 0 saturated heterocycles. The molecule has 0 aromatic rings. The Hall–Kier alpha value is -3.24. The van der Waals surface area contributed by atoms with Crippen molar-refractivity contribution in [2.75, 3.05) is 66.7 Å². The third kappa shape index (κ3) is 21.0. The van der Waals surface area contributed by atoms with Crippen LogP contribution in [-0.2, 0) is 38.1 Å². The highest BCUT2D eigenvalue weighted by Crippen LogP contribution is 2.28. The van der Waals surface area contributed by atoms with Crippen LogP contribution in [0.5, 0.6) is 0 Å². The van der Waals surface area contributed by atoms with Crippen molar-refractivity contribution in [1.29, 1.82) is 0 Å². The third-order valence-corrected chi connectivity index (χ3v) is 9.24. The fourth-order valence-corrected chi connectivity index (χ4v) is 6.17. The van der Waals surface area contributed by atoms with Crippen LogP contribution in [0.2, 0.25) is 0 Å². The fraction of sp³-hybridized carbons (Fsp3) is 0.707. The predicted molar refractivity (Wildman–Crippen MR) is 201 cm³/mol. The van der Waals surface area contributed by atoms with Gasteiger partial charge in [-0.05, 0) is 126 Å². The van der Waals surface area contributed by atoms with Gasteiger partial charge in [0, 0.05) is 13.1 Å². The Bertz CT molecular complexity index is 1120. The average Bonchev–Trinajstić information content (AvgIpc) is 3.09. The summed E-state index contributed by atoms with van der Waals surface area (Å²) in [7, 11) is 4.01. The second-order valence-electron chi connectivity index (χ2n) is 14.6. The highest BCUT2D eigenvalue weighted by atomic mass is 16.6. The van der Waals surface area contributed by atoms with E-state index in [1.54, 1.807) is 0 Å². The van der Waals surface area contributed by atoms with Crippen LogP contribution in [0.1, 0.15) is 111 Å². The number of hydrogen-bond donors (Lipinski definition) is 0. The molecule has 2 atom stereocenters. The van der Waals surface area contributed by atoms with E-state index in [2.05, 4.69) is 61.8 Å². The molecule has 2 aliphatic rings. The van der Waals surface area contributed by atoms with Crippen LogP contribution in [-0.4, -0.2) is 100 Å². The molecule has 0 spiro atoms. The van der Waals surface area contributed by atoms with Gasteiger partial charge in [-0.1, -0.05) is 46.6 Å². The number of carbonyl (C=O) groups is 4. The summed E-state index contributed by atoms with van der Waals surface area (Å²) in [5.74, 6) is -1.48. The van der Waals surface area contributed by atoms with Crippen molar-refractivity contribution in [2.45, 2.75) is 111 Å². The average molecular weight is 715 g/mol. The van der Waals surface area contributed by atoms with Crippen molar-refractivity contribution >= 4 is 23.9 Å². The minimum absolute atomic E-state index is 0.0215. The molecule has 0 N–H and O–H groups in total. The lowest BCUT2D eigenvalue weighted by Gasteiger charge is -2.22. The van der Waals surface area contributed by atoms with E-state index >= 15 is 0 Å². The quantitative estimate of drug-likeness (QED) is 0.0443. The molecule has 51 heavy (non-hydrogen) atoms. The summed E-state index contributed by atoms with van der Waals surface area (Å²) in [4.78, 5) is 54.1. The van der Waals surface area contributed by atoms with E-state index in [4.69, 9.17) is 18.9 Å². The first-order valence-electron chi connectivity index (χ1n) is 19.1. The molecule has 10 heteroatoms. The topological polar surface area (TPSA) is 112 Å². The lowest BCUT2D eigenvalue weighted by atomic mass is 9.88. The third-order valence-electron chi connectivity index (χ3n) is 9.24. The summed E-state index contributed by atoms with van der Waals surface area (Å²) in [5.41, 5.74) is 5.46. The monoisotopic (exact) mass is 714 g/mol. The Morgan fingerprint density at radius 1 is 0.647 bits per heavy atom. The molecule has 0 radical (unpaired) electrons. The second-order valence-corrected chi connectivity index (χ2v) is 14.6. The van der Waals surface area contributed by atoms with Crippen molar-refractivity contribution in [3.63, 3.8) is 0 Å². The van der Waals surface area contributed by atoms with Crippen molar-refractivity contribution in [2.24, 2.45) is 11.8 Å². The number of allylic oxidation sites excluding steroid dienone is 8. The Labute approximate surface area is 307 Å². The number of carbonyl (C=O) groups excluding carboxylic acids is 4. The van der Waals surface area contributed by atoms with Gasteiger partial charge in [0.25, 0.3) is 0 Å². The molecule has 0 amide bonds. The van der Waals surface area contributed by atoms with Crippen LogP contribution in [0.3, 0.4) is 0 Å². The molecular formula is C41H66N2O8. The number of esters is 4. The Kier molecular flexibility index (Phi) is 22.1. The Balaban J connectivity index is 1.62. The van der Waals surface area contributed by atoms with Gasteiger partial charge in [-0.3, -0.25) is 19.2 Å². The summed E-state index contributed by atoms with van der Waals surface area (Å²) in [6, 6.07) is 0. The molecule has 288 valence electrons. The maximum Gasteiger partial charge on any atom is 0.309 e. The first kappa shape index (κ1) is 43.9. The molecule has 2 rings (SSSR count). The van der Waals surface area contributed by atoms with Crippen LogP contribution in [0.25, 0.3) is 0 Å². The van der Waals surface area contributed by atoms with Gasteiger partial charge in [0.2, 0.25) is 0 Å². The van der Waals surface area contributed by atoms with E-state index in [1.165, 1.54) is 22.3 Å². The van der Waals surface area contributed by atoms with Gasteiger partial charge in [0.1, 0.15) is 26.4 Å². The van der Waals surface area contributed by atoms with E-state index in [-0.39, 0.29) is 75.0 Å². The zero-order valence-electron chi connectivity index (χ0n) is 32.5. The van der Waals surface area contributed by atoms with Crippen LogP contribution < -0.4 is 0 Å². The van der Waals surface area contributed by atoms with Crippen molar-refractivity contribution in [1.82, 2.24) is 9.80 Å². The zero-order chi connectivity index (χ0) is 37.4. The van der Waals surface area contributed by atoms with Crippen LogP contribution in [0.4, 0.5) is 0 Å².